The Hall–Kier alpha value is -3.86. The molecule has 4 rings (SSSR count). The summed E-state index contributed by atoms with van der Waals surface area (Å²) in [5.41, 5.74) is 4.02. The van der Waals surface area contributed by atoms with Crippen molar-refractivity contribution in [2.24, 2.45) is 7.05 Å². The topological polar surface area (TPSA) is 56.2 Å². The number of hydrogen-bond acceptors (Lipinski definition) is 4. The van der Waals surface area contributed by atoms with Crippen molar-refractivity contribution in [2.45, 2.75) is 0 Å². The second-order valence-electron chi connectivity index (χ2n) is 6.61. The molecule has 3 aromatic carbocycles. The van der Waals surface area contributed by atoms with E-state index in [1.54, 1.807) is 13.1 Å². The van der Waals surface area contributed by atoms with Gasteiger partial charge in [-0.1, -0.05) is 42.5 Å². The molecule has 5 heteroatoms. The van der Waals surface area contributed by atoms with Crippen LogP contribution in [0, 0.1) is 0 Å². The Morgan fingerprint density at radius 1 is 0.862 bits per heavy atom. The van der Waals surface area contributed by atoms with Gasteiger partial charge in [-0.2, -0.15) is 5.10 Å². The van der Waals surface area contributed by atoms with Crippen molar-refractivity contribution in [2.75, 3.05) is 12.4 Å². The lowest BCUT2D eigenvalue weighted by molar-refractivity contribution is 0.484. The summed E-state index contributed by atoms with van der Waals surface area (Å²) in [7, 11) is 3.53. The molecule has 0 aliphatic carbocycles. The van der Waals surface area contributed by atoms with Gasteiger partial charge in [0.1, 0.15) is 17.2 Å². The first-order valence-electron chi connectivity index (χ1n) is 9.34. The fraction of sp³-hybridized carbons (Fsp3) is 0.0833. The zero-order valence-electron chi connectivity index (χ0n) is 16.3. The quantitative estimate of drug-likeness (QED) is 0.530. The summed E-state index contributed by atoms with van der Waals surface area (Å²) < 4.78 is 7.47. The SMILES string of the molecule is CNc1ccc(-c2cc(=O)n(C)nc2-c2ccccc2Oc2ccccc2)cc1. The first-order valence-corrected chi connectivity index (χ1v) is 9.34. The van der Waals surface area contributed by atoms with Crippen LogP contribution in [0.2, 0.25) is 0 Å². The van der Waals surface area contributed by atoms with Crippen LogP contribution in [-0.4, -0.2) is 16.8 Å². The van der Waals surface area contributed by atoms with Gasteiger partial charge < -0.3 is 10.1 Å². The number of rotatable bonds is 5. The maximum absolute atomic E-state index is 12.4. The van der Waals surface area contributed by atoms with Crippen molar-refractivity contribution in [1.82, 2.24) is 9.78 Å². The Balaban J connectivity index is 1.87. The van der Waals surface area contributed by atoms with E-state index >= 15 is 0 Å². The highest BCUT2D eigenvalue weighted by Crippen LogP contribution is 2.37. The monoisotopic (exact) mass is 383 g/mol. The van der Waals surface area contributed by atoms with E-state index in [4.69, 9.17) is 4.74 Å². The summed E-state index contributed by atoms with van der Waals surface area (Å²) >= 11 is 0. The van der Waals surface area contributed by atoms with Crippen LogP contribution in [-0.2, 0) is 7.05 Å². The van der Waals surface area contributed by atoms with Crippen LogP contribution in [0.5, 0.6) is 11.5 Å². The number of nitrogens with zero attached hydrogens (tertiary/aromatic N) is 2. The van der Waals surface area contributed by atoms with Crippen LogP contribution in [0.15, 0.2) is 89.7 Å². The lowest BCUT2D eigenvalue weighted by Crippen LogP contribution is -2.19. The highest BCUT2D eigenvalue weighted by atomic mass is 16.5. The van der Waals surface area contributed by atoms with Gasteiger partial charge >= 0.3 is 0 Å². The van der Waals surface area contributed by atoms with Gasteiger partial charge in [0.05, 0.1) is 0 Å². The number of aromatic nitrogens is 2. The molecule has 29 heavy (non-hydrogen) atoms. The Kier molecular flexibility index (Phi) is 5.12. The van der Waals surface area contributed by atoms with E-state index in [0.717, 1.165) is 28.1 Å². The molecule has 0 spiro atoms. The van der Waals surface area contributed by atoms with Crippen LogP contribution < -0.4 is 15.6 Å². The summed E-state index contributed by atoms with van der Waals surface area (Å²) in [5.74, 6) is 1.42. The Morgan fingerprint density at radius 2 is 1.55 bits per heavy atom. The van der Waals surface area contributed by atoms with Gasteiger partial charge in [-0.25, -0.2) is 4.68 Å². The molecule has 5 nitrogen and oxygen atoms in total. The number of aryl methyl sites for hydroxylation is 1. The third-order valence-corrected chi connectivity index (χ3v) is 4.69. The predicted octanol–water partition coefficient (Wildman–Crippen LogP) is 4.95. The zero-order valence-corrected chi connectivity index (χ0v) is 16.3. The van der Waals surface area contributed by atoms with Crippen molar-refractivity contribution < 1.29 is 4.74 Å². The summed E-state index contributed by atoms with van der Waals surface area (Å²) in [5, 5.41) is 7.68. The fourth-order valence-corrected chi connectivity index (χ4v) is 3.14. The van der Waals surface area contributed by atoms with Gasteiger partial charge in [-0.15, -0.1) is 0 Å². The second-order valence-corrected chi connectivity index (χ2v) is 6.61. The average molecular weight is 383 g/mol. The maximum atomic E-state index is 12.4. The van der Waals surface area contributed by atoms with E-state index in [-0.39, 0.29) is 5.56 Å². The van der Waals surface area contributed by atoms with Crippen LogP contribution >= 0.6 is 0 Å². The Morgan fingerprint density at radius 3 is 2.28 bits per heavy atom. The molecule has 0 saturated carbocycles. The molecule has 0 bridgehead atoms. The van der Waals surface area contributed by atoms with E-state index in [1.165, 1.54) is 4.68 Å². The number of para-hydroxylation sites is 2. The molecule has 144 valence electrons. The average Bonchev–Trinajstić information content (AvgIpc) is 2.77. The molecule has 0 aliphatic rings. The summed E-state index contributed by atoms with van der Waals surface area (Å²) in [6, 6.07) is 26.9. The van der Waals surface area contributed by atoms with Crippen molar-refractivity contribution in [3.05, 3.63) is 95.3 Å². The third-order valence-electron chi connectivity index (χ3n) is 4.69. The Bertz CT molecular complexity index is 1180. The van der Waals surface area contributed by atoms with Gasteiger partial charge in [0.2, 0.25) is 0 Å². The molecular weight excluding hydrogens is 362 g/mol. The van der Waals surface area contributed by atoms with E-state index in [2.05, 4.69) is 10.4 Å². The molecule has 0 aliphatic heterocycles. The normalized spacial score (nSPS) is 10.6. The molecule has 0 atom stereocenters. The van der Waals surface area contributed by atoms with Gasteiger partial charge in [-0.05, 0) is 42.0 Å². The number of anilines is 1. The smallest absolute Gasteiger partial charge is 0.267 e. The van der Waals surface area contributed by atoms with Gasteiger partial charge in [0, 0.05) is 37.0 Å². The molecule has 0 saturated heterocycles. The first kappa shape index (κ1) is 18.5. The van der Waals surface area contributed by atoms with Crippen LogP contribution in [0.4, 0.5) is 5.69 Å². The zero-order chi connectivity index (χ0) is 20.2. The molecule has 0 unspecified atom stereocenters. The summed E-state index contributed by atoms with van der Waals surface area (Å²) in [6.07, 6.45) is 0. The minimum Gasteiger partial charge on any atom is -0.457 e. The first-order chi connectivity index (χ1) is 14.2. The number of nitrogens with one attached hydrogen (secondary N) is 1. The summed E-state index contributed by atoms with van der Waals surface area (Å²) in [6.45, 7) is 0. The summed E-state index contributed by atoms with van der Waals surface area (Å²) in [4.78, 5) is 12.4. The molecule has 0 amide bonds. The molecule has 0 fully saturated rings. The van der Waals surface area contributed by atoms with E-state index < -0.39 is 0 Å². The highest BCUT2D eigenvalue weighted by molar-refractivity contribution is 5.83. The fourth-order valence-electron chi connectivity index (χ4n) is 3.14. The van der Waals surface area contributed by atoms with Crippen molar-refractivity contribution >= 4 is 5.69 Å². The van der Waals surface area contributed by atoms with Crippen LogP contribution in [0.1, 0.15) is 0 Å². The van der Waals surface area contributed by atoms with Crippen molar-refractivity contribution in [3.8, 4) is 33.9 Å². The number of ether oxygens (including phenoxy) is 1. The van der Waals surface area contributed by atoms with Gasteiger partial charge in [0.25, 0.3) is 5.56 Å². The molecule has 0 radical (unpaired) electrons. The third kappa shape index (κ3) is 3.89. The second kappa shape index (κ2) is 8.02. The van der Waals surface area contributed by atoms with Crippen molar-refractivity contribution in [3.63, 3.8) is 0 Å². The number of hydrogen-bond donors (Lipinski definition) is 1. The highest BCUT2D eigenvalue weighted by Gasteiger charge is 2.16. The van der Waals surface area contributed by atoms with Crippen LogP contribution in [0.25, 0.3) is 22.4 Å². The van der Waals surface area contributed by atoms with E-state index in [9.17, 15) is 4.79 Å². The molecule has 1 aromatic heterocycles. The van der Waals surface area contributed by atoms with Gasteiger partial charge in [0.15, 0.2) is 0 Å². The van der Waals surface area contributed by atoms with Crippen LogP contribution in [0.3, 0.4) is 0 Å². The lowest BCUT2D eigenvalue weighted by atomic mass is 9.99. The standard InChI is InChI=1S/C24H21N3O2/c1-25-18-14-12-17(13-15-18)21-16-23(28)27(2)26-24(21)20-10-6-7-11-22(20)29-19-8-4-3-5-9-19/h3-16,25H,1-2H3. The van der Waals surface area contributed by atoms with E-state index in [0.29, 0.717) is 11.4 Å². The lowest BCUT2D eigenvalue weighted by Gasteiger charge is -2.15. The molecular formula is C24H21N3O2. The van der Waals surface area contributed by atoms with E-state index in [1.807, 2.05) is 85.9 Å². The molecule has 1 heterocycles. The molecule has 1 N–H and O–H groups in total. The number of benzene rings is 3. The Labute approximate surface area is 169 Å². The molecule has 4 aromatic rings. The van der Waals surface area contributed by atoms with Gasteiger partial charge in [-0.3, -0.25) is 4.79 Å². The minimum absolute atomic E-state index is 0.164. The maximum Gasteiger partial charge on any atom is 0.267 e. The van der Waals surface area contributed by atoms with Crippen molar-refractivity contribution in [1.29, 1.82) is 0 Å². The predicted molar refractivity (Wildman–Crippen MR) is 116 cm³/mol. The minimum atomic E-state index is -0.164. The largest absolute Gasteiger partial charge is 0.457 e.